The van der Waals surface area contributed by atoms with E-state index in [1.165, 1.54) is 24.3 Å². The van der Waals surface area contributed by atoms with Crippen LogP contribution < -0.4 is 0 Å². The first-order chi connectivity index (χ1) is 8.26. The number of rotatable bonds is 2. The van der Waals surface area contributed by atoms with E-state index in [1.54, 1.807) is 0 Å². The molecule has 2 saturated heterocycles. The van der Waals surface area contributed by atoms with E-state index in [1.807, 2.05) is 26.1 Å². The smallest absolute Gasteiger partial charge is 0.0569 e. The second-order valence-corrected chi connectivity index (χ2v) is 4.96. The van der Waals surface area contributed by atoms with Crippen LogP contribution in [0.25, 0.3) is 0 Å². The third-order valence-corrected chi connectivity index (χ3v) is 3.29. The van der Waals surface area contributed by atoms with Gasteiger partial charge in [-0.2, -0.15) is 0 Å². The second kappa shape index (κ2) is 5.15. The van der Waals surface area contributed by atoms with Crippen LogP contribution in [0.5, 0.6) is 0 Å². The van der Waals surface area contributed by atoms with Gasteiger partial charge in [0.1, 0.15) is 0 Å². The van der Waals surface area contributed by atoms with E-state index in [4.69, 9.17) is 4.74 Å². The van der Waals surface area contributed by atoms with Crippen molar-refractivity contribution in [3.8, 4) is 0 Å². The average molecular weight is 234 g/mol. The van der Waals surface area contributed by atoms with Crippen molar-refractivity contribution in [3.63, 3.8) is 0 Å². The lowest BCUT2D eigenvalue weighted by Crippen LogP contribution is -2.65. The highest BCUT2D eigenvalue weighted by atomic mass is 16.5. The van der Waals surface area contributed by atoms with Gasteiger partial charge in [0.2, 0.25) is 0 Å². The summed E-state index contributed by atoms with van der Waals surface area (Å²) in [5, 5.41) is 0. The molecule has 3 heteroatoms. The monoisotopic (exact) mass is 234 g/mol. The number of nitrogens with zero attached hydrogens (tertiary/aromatic N) is 2. The third kappa shape index (κ3) is 2.67. The van der Waals surface area contributed by atoms with Gasteiger partial charge in [-0.25, -0.2) is 0 Å². The molecule has 1 aromatic heterocycles. The summed E-state index contributed by atoms with van der Waals surface area (Å²) in [5.74, 6) is 0. The minimum Gasteiger partial charge on any atom is -0.380 e. The Morgan fingerprint density at radius 1 is 1.35 bits per heavy atom. The molecule has 0 atom stereocenters. The maximum absolute atomic E-state index is 5.26. The molecule has 2 aliphatic rings. The molecule has 3 nitrogen and oxygen atoms in total. The molecule has 0 aliphatic carbocycles. The molecule has 0 bridgehead atoms. The highest BCUT2D eigenvalue weighted by molar-refractivity contribution is 5.15. The summed E-state index contributed by atoms with van der Waals surface area (Å²) >= 11 is 0. The second-order valence-electron chi connectivity index (χ2n) is 4.96. The van der Waals surface area contributed by atoms with Gasteiger partial charge in [0.05, 0.1) is 18.9 Å². The Hall–Kier alpha value is -0.930. The van der Waals surface area contributed by atoms with E-state index in [0.29, 0.717) is 5.41 Å². The van der Waals surface area contributed by atoms with Crippen molar-refractivity contribution in [3.05, 3.63) is 29.6 Å². The molecule has 0 N–H and O–H groups in total. The quantitative estimate of drug-likeness (QED) is 0.785. The molecule has 0 unspecified atom stereocenters. The topological polar surface area (TPSA) is 25.4 Å². The predicted octanol–water partition coefficient (Wildman–Crippen LogP) is 2.25. The third-order valence-electron chi connectivity index (χ3n) is 3.29. The molecule has 0 aromatic carbocycles. The number of likely N-dealkylation sites (tertiary alicyclic amines) is 1. The zero-order chi connectivity index (χ0) is 12.3. The number of hydrogen-bond acceptors (Lipinski definition) is 3. The van der Waals surface area contributed by atoms with Gasteiger partial charge < -0.3 is 4.74 Å². The largest absolute Gasteiger partial charge is 0.380 e. The van der Waals surface area contributed by atoms with Gasteiger partial charge in [-0.3, -0.25) is 9.88 Å². The number of hydrogen-bond donors (Lipinski definition) is 0. The Kier molecular flexibility index (Phi) is 3.79. The normalized spacial score (nSPS) is 21.1. The molecule has 0 saturated carbocycles. The molecule has 2 aliphatic heterocycles. The molecule has 3 rings (SSSR count). The first kappa shape index (κ1) is 12.5. The fourth-order valence-corrected chi connectivity index (χ4v) is 2.50. The summed E-state index contributed by atoms with van der Waals surface area (Å²) in [6.07, 6.45) is 1.90. The van der Waals surface area contributed by atoms with Crippen molar-refractivity contribution in [2.75, 3.05) is 26.3 Å². The van der Waals surface area contributed by atoms with E-state index in [-0.39, 0.29) is 0 Å². The first-order valence-corrected chi connectivity index (χ1v) is 6.47. The van der Waals surface area contributed by atoms with Crippen LogP contribution in [0.4, 0.5) is 0 Å². The summed E-state index contributed by atoms with van der Waals surface area (Å²) < 4.78 is 5.26. The molecule has 1 spiro atoms. The summed E-state index contributed by atoms with van der Waals surface area (Å²) in [6, 6.07) is 4.21. The molecular weight excluding hydrogens is 212 g/mol. The van der Waals surface area contributed by atoms with Crippen LogP contribution in [0.1, 0.15) is 25.1 Å². The van der Waals surface area contributed by atoms with Gasteiger partial charge in [0.15, 0.2) is 0 Å². The molecule has 0 amide bonds. The SMILES string of the molecule is CC.Cc1ccnc(CN2CC3(COC3)C2)c1. The number of aromatic nitrogens is 1. The summed E-state index contributed by atoms with van der Waals surface area (Å²) in [7, 11) is 0. The first-order valence-electron chi connectivity index (χ1n) is 6.47. The lowest BCUT2D eigenvalue weighted by molar-refractivity contribution is -0.191. The van der Waals surface area contributed by atoms with Crippen molar-refractivity contribution in [1.82, 2.24) is 9.88 Å². The van der Waals surface area contributed by atoms with Crippen LogP contribution >= 0.6 is 0 Å². The molecule has 17 heavy (non-hydrogen) atoms. The lowest BCUT2D eigenvalue weighted by atomic mass is 9.78. The maximum atomic E-state index is 5.26. The van der Waals surface area contributed by atoms with Gasteiger partial charge in [0.25, 0.3) is 0 Å². The van der Waals surface area contributed by atoms with Crippen LogP contribution in [-0.2, 0) is 11.3 Å². The number of aryl methyl sites for hydroxylation is 1. The molecule has 3 heterocycles. The summed E-state index contributed by atoms with van der Waals surface area (Å²) in [5.41, 5.74) is 3.00. The highest BCUT2D eigenvalue weighted by Gasteiger charge is 2.48. The number of ether oxygens (including phenoxy) is 1. The van der Waals surface area contributed by atoms with Crippen LogP contribution in [-0.4, -0.2) is 36.2 Å². The molecule has 2 fully saturated rings. The Balaban J connectivity index is 0.000000514. The van der Waals surface area contributed by atoms with E-state index in [9.17, 15) is 0 Å². The van der Waals surface area contributed by atoms with Crippen LogP contribution in [0.15, 0.2) is 18.3 Å². The average Bonchev–Trinajstić information content (AvgIpc) is 2.23. The minimum absolute atomic E-state index is 0.518. The van der Waals surface area contributed by atoms with Crippen molar-refractivity contribution in [1.29, 1.82) is 0 Å². The molecule has 94 valence electrons. The van der Waals surface area contributed by atoms with Crippen LogP contribution in [0.2, 0.25) is 0 Å². The van der Waals surface area contributed by atoms with Crippen molar-refractivity contribution in [2.24, 2.45) is 5.41 Å². The summed E-state index contributed by atoms with van der Waals surface area (Å²) in [4.78, 5) is 6.83. The zero-order valence-electron chi connectivity index (χ0n) is 11.1. The van der Waals surface area contributed by atoms with Gasteiger partial charge in [0, 0.05) is 31.2 Å². The Bertz CT molecular complexity index is 366. The molecular formula is C14H22N2O. The Morgan fingerprint density at radius 2 is 2.06 bits per heavy atom. The van der Waals surface area contributed by atoms with E-state index < -0.39 is 0 Å². The Labute approximate surface area is 104 Å². The Morgan fingerprint density at radius 3 is 2.59 bits per heavy atom. The molecule has 0 radical (unpaired) electrons. The van der Waals surface area contributed by atoms with Crippen LogP contribution in [0.3, 0.4) is 0 Å². The van der Waals surface area contributed by atoms with E-state index in [2.05, 4.69) is 22.9 Å². The van der Waals surface area contributed by atoms with Crippen LogP contribution in [0, 0.1) is 12.3 Å². The number of pyridine rings is 1. The zero-order valence-corrected chi connectivity index (χ0v) is 11.1. The van der Waals surface area contributed by atoms with E-state index >= 15 is 0 Å². The molecule has 1 aromatic rings. The maximum Gasteiger partial charge on any atom is 0.0569 e. The highest BCUT2D eigenvalue weighted by Crippen LogP contribution is 2.37. The van der Waals surface area contributed by atoms with Gasteiger partial charge >= 0.3 is 0 Å². The fourth-order valence-electron chi connectivity index (χ4n) is 2.50. The lowest BCUT2D eigenvalue weighted by Gasteiger charge is -2.55. The fraction of sp³-hybridized carbons (Fsp3) is 0.643. The van der Waals surface area contributed by atoms with Crippen molar-refractivity contribution in [2.45, 2.75) is 27.3 Å². The van der Waals surface area contributed by atoms with Gasteiger partial charge in [-0.05, 0) is 24.6 Å². The van der Waals surface area contributed by atoms with Gasteiger partial charge in [-0.1, -0.05) is 13.8 Å². The van der Waals surface area contributed by atoms with Crippen molar-refractivity contribution < 1.29 is 4.74 Å². The van der Waals surface area contributed by atoms with Gasteiger partial charge in [-0.15, -0.1) is 0 Å². The van der Waals surface area contributed by atoms with E-state index in [0.717, 1.165) is 19.8 Å². The summed E-state index contributed by atoms with van der Waals surface area (Å²) in [6.45, 7) is 11.4. The van der Waals surface area contributed by atoms with Crippen molar-refractivity contribution >= 4 is 0 Å². The minimum atomic E-state index is 0.518. The predicted molar refractivity (Wildman–Crippen MR) is 68.9 cm³/mol. The standard InChI is InChI=1S/C12H16N2O.C2H6/c1-10-2-3-13-11(4-10)5-14-6-12(7-14)8-15-9-12;1-2/h2-4H,5-9H2,1H3;1-2H3.